The molecule has 0 saturated heterocycles. The van der Waals surface area contributed by atoms with Crippen LogP contribution in [0.3, 0.4) is 0 Å². The third-order valence-electron chi connectivity index (χ3n) is 2.76. The second-order valence-electron chi connectivity index (χ2n) is 3.96. The Balaban J connectivity index is 2.95. The number of carboxylic acids is 1. The molecule has 1 aromatic rings. The maximum atomic E-state index is 10.8. The van der Waals surface area contributed by atoms with Crippen molar-refractivity contribution in [2.75, 3.05) is 21.3 Å². The minimum absolute atomic E-state index is 0.358. The monoisotopic (exact) mass is 269 g/mol. The number of hydrogen-bond donors (Lipinski definition) is 2. The molecule has 0 amide bonds. The fraction of sp³-hybridized carbons (Fsp3) is 0.462. The van der Waals surface area contributed by atoms with E-state index in [-0.39, 0.29) is 0 Å². The Kier molecular flexibility index (Phi) is 5.44. The molecule has 106 valence electrons. The van der Waals surface area contributed by atoms with E-state index in [4.69, 9.17) is 19.3 Å². The van der Waals surface area contributed by atoms with Crippen LogP contribution in [-0.2, 0) is 11.3 Å². The molecule has 6 heteroatoms. The van der Waals surface area contributed by atoms with Gasteiger partial charge in [0.25, 0.3) is 0 Å². The molecule has 0 aliphatic carbocycles. The lowest BCUT2D eigenvalue weighted by Gasteiger charge is -2.15. The molecule has 0 fully saturated rings. The molecule has 2 N–H and O–H groups in total. The largest absolute Gasteiger partial charge is 0.496 e. The summed E-state index contributed by atoms with van der Waals surface area (Å²) in [7, 11) is 4.63. The summed E-state index contributed by atoms with van der Waals surface area (Å²) >= 11 is 0. The third kappa shape index (κ3) is 3.75. The van der Waals surface area contributed by atoms with Gasteiger partial charge in [0.05, 0.1) is 21.3 Å². The Morgan fingerprint density at radius 2 is 1.68 bits per heavy atom. The van der Waals surface area contributed by atoms with Crippen molar-refractivity contribution < 1.29 is 24.1 Å². The van der Waals surface area contributed by atoms with Gasteiger partial charge in [-0.3, -0.25) is 4.79 Å². The van der Waals surface area contributed by atoms with Gasteiger partial charge in [0.1, 0.15) is 11.8 Å². The lowest BCUT2D eigenvalue weighted by molar-refractivity contribution is -0.139. The first-order valence-corrected chi connectivity index (χ1v) is 5.78. The van der Waals surface area contributed by atoms with Crippen LogP contribution in [0.2, 0.25) is 0 Å². The predicted octanol–water partition coefficient (Wildman–Crippen LogP) is 1.28. The zero-order valence-corrected chi connectivity index (χ0v) is 11.5. The van der Waals surface area contributed by atoms with E-state index in [2.05, 4.69) is 5.32 Å². The molecule has 1 rings (SSSR count). The van der Waals surface area contributed by atoms with Crippen molar-refractivity contribution in [2.45, 2.75) is 19.5 Å². The summed E-state index contributed by atoms with van der Waals surface area (Å²) in [6.45, 7) is 1.94. The average Bonchev–Trinajstić information content (AvgIpc) is 2.43. The zero-order valence-electron chi connectivity index (χ0n) is 11.5. The van der Waals surface area contributed by atoms with Gasteiger partial charge in [-0.2, -0.15) is 0 Å². The van der Waals surface area contributed by atoms with E-state index >= 15 is 0 Å². The number of aliphatic carboxylic acids is 1. The van der Waals surface area contributed by atoms with Crippen molar-refractivity contribution in [2.24, 2.45) is 0 Å². The van der Waals surface area contributed by atoms with Crippen LogP contribution in [0.5, 0.6) is 17.2 Å². The van der Waals surface area contributed by atoms with Gasteiger partial charge in [0.15, 0.2) is 11.5 Å². The lowest BCUT2D eigenvalue weighted by atomic mass is 10.1. The molecule has 0 aromatic heterocycles. The fourth-order valence-corrected chi connectivity index (χ4v) is 1.58. The van der Waals surface area contributed by atoms with Gasteiger partial charge in [-0.25, -0.2) is 0 Å². The molecule has 6 nitrogen and oxygen atoms in total. The predicted molar refractivity (Wildman–Crippen MR) is 70.0 cm³/mol. The number of hydrogen-bond acceptors (Lipinski definition) is 5. The molecule has 0 aliphatic heterocycles. The molecule has 0 radical (unpaired) electrons. The summed E-state index contributed by atoms with van der Waals surface area (Å²) < 4.78 is 15.6. The molecule has 19 heavy (non-hydrogen) atoms. The molecule has 0 spiro atoms. The molecule has 1 aromatic carbocycles. The van der Waals surface area contributed by atoms with E-state index in [9.17, 15) is 4.79 Å². The first-order valence-electron chi connectivity index (χ1n) is 5.78. The van der Waals surface area contributed by atoms with E-state index < -0.39 is 12.0 Å². The van der Waals surface area contributed by atoms with Crippen LogP contribution >= 0.6 is 0 Å². The molecule has 0 bridgehead atoms. The van der Waals surface area contributed by atoms with Crippen LogP contribution < -0.4 is 19.5 Å². The summed E-state index contributed by atoms with van der Waals surface area (Å²) in [5.41, 5.74) is 0.799. The maximum Gasteiger partial charge on any atom is 0.320 e. The minimum Gasteiger partial charge on any atom is -0.496 e. The van der Waals surface area contributed by atoms with Gasteiger partial charge in [-0.05, 0) is 13.0 Å². The van der Waals surface area contributed by atoms with Gasteiger partial charge in [-0.1, -0.05) is 0 Å². The van der Waals surface area contributed by atoms with E-state index in [1.54, 1.807) is 40.4 Å². The van der Waals surface area contributed by atoms with E-state index in [0.717, 1.165) is 5.56 Å². The highest BCUT2D eigenvalue weighted by atomic mass is 16.5. The number of nitrogens with one attached hydrogen (secondary N) is 1. The van der Waals surface area contributed by atoms with Crippen LogP contribution in [0.4, 0.5) is 0 Å². The van der Waals surface area contributed by atoms with Crippen LogP contribution in [0.25, 0.3) is 0 Å². The Morgan fingerprint density at radius 1 is 1.16 bits per heavy atom. The number of carboxylic acid groups (broad SMARTS) is 1. The first-order chi connectivity index (χ1) is 9.03. The van der Waals surface area contributed by atoms with E-state index in [1.165, 1.54) is 0 Å². The van der Waals surface area contributed by atoms with Crippen molar-refractivity contribution in [3.05, 3.63) is 17.7 Å². The molecule has 0 saturated carbocycles. The summed E-state index contributed by atoms with van der Waals surface area (Å²) in [4.78, 5) is 10.8. The SMILES string of the molecule is COc1cc(OC)c(OC)cc1CNC(C)C(=O)O. The standard InChI is InChI=1S/C13H19NO5/c1-8(13(15)16)14-7-9-5-11(18-3)12(19-4)6-10(9)17-2/h5-6,8,14H,7H2,1-4H3,(H,15,16). The number of methoxy groups -OCH3 is 3. The number of benzene rings is 1. The summed E-state index contributed by atoms with van der Waals surface area (Å²) in [5, 5.41) is 11.7. The molecular formula is C13H19NO5. The van der Waals surface area contributed by atoms with E-state index in [0.29, 0.717) is 23.8 Å². The van der Waals surface area contributed by atoms with Crippen molar-refractivity contribution in [3.8, 4) is 17.2 Å². The highest BCUT2D eigenvalue weighted by Crippen LogP contribution is 2.34. The van der Waals surface area contributed by atoms with E-state index in [1.807, 2.05) is 0 Å². The zero-order chi connectivity index (χ0) is 14.4. The van der Waals surface area contributed by atoms with Crippen LogP contribution in [-0.4, -0.2) is 38.4 Å². The van der Waals surface area contributed by atoms with Crippen molar-refractivity contribution in [3.63, 3.8) is 0 Å². The highest BCUT2D eigenvalue weighted by molar-refractivity contribution is 5.72. The Labute approximate surface area is 112 Å². The number of rotatable bonds is 7. The normalized spacial score (nSPS) is 11.8. The third-order valence-corrected chi connectivity index (χ3v) is 2.76. The Hall–Kier alpha value is -1.95. The quantitative estimate of drug-likeness (QED) is 0.776. The molecule has 0 heterocycles. The average molecular weight is 269 g/mol. The number of carbonyl (C=O) groups is 1. The topological polar surface area (TPSA) is 77.0 Å². The first kappa shape index (κ1) is 15.1. The second kappa shape index (κ2) is 6.84. The highest BCUT2D eigenvalue weighted by Gasteiger charge is 2.14. The Morgan fingerprint density at radius 3 is 2.16 bits per heavy atom. The molecular weight excluding hydrogens is 250 g/mol. The summed E-state index contributed by atoms with van der Waals surface area (Å²) in [6, 6.07) is 2.83. The lowest BCUT2D eigenvalue weighted by Crippen LogP contribution is -2.33. The number of ether oxygens (including phenoxy) is 3. The van der Waals surface area contributed by atoms with Gasteiger partial charge < -0.3 is 24.6 Å². The van der Waals surface area contributed by atoms with Crippen LogP contribution in [0, 0.1) is 0 Å². The fourth-order valence-electron chi connectivity index (χ4n) is 1.58. The van der Waals surface area contributed by atoms with Crippen molar-refractivity contribution in [1.29, 1.82) is 0 Å². The molecule has 1 unspecified atom stereocenters. The van der Waals surface area contributed by atoms with Crippen LogP contribution in [0.15, 0.2) is 12.1 Å². The molecule has 1 atom stereocenters. The Bertz CT molecular complexity index is 447. The van der Waals surface area contributed by atoms with Gasteiger partial charge in [-0.15, -0.1) is 0 Å². The van der Waals surface area contributed by atoms with Gasteiger partial charge in [0, 0.05) is 18.2 Å². The van der Waals surface area contributed by atoms with Gasteiger partial charge >= 0.3 is 5.97 Å². The van der Waals surface area contributed by atoms with Gasteiger partial charge in [0.2, 0.25) is 0 Å². The molecule has 0 aliphatic rings. The summed E-state index contributed by atoms with van der Waals surface area (Å²) in [6.07, 6.45) is 0. The maximum absolute atomic E-state index is 10.8. The minimum atomic E-state index is -0.903. The van der Waals surface area contributed by atoms with Crippen molar-refractivity contribution in [1.82, 2.24) is 5.32 Å². The smallest absolute Gasteiger partial charge is 0.320 e. The second-order valence-corrected chi connectivity index (χ2v) is 3.96. The van der Waals surface area contributed by atoms with Crippen LogP contribution in [0.1, 0.15) is 12.5 Å². The summed E-state index contributed by atoms with van der Waals surface area (Å²) in [5.74, 6) is 0.847. The van der Waals surface area contributed by atoms with Crippen molar-refractivity contribution >= 4 is 5.97 Å².